The molecule has 2 aromatic rings. The monoisotopic (exact) mass is 350 g/mol. The molecule has 2 aliphatic heterocycles. The molecular formula is C20H22N4O2. The first-order chi connectivity index (χ1) is 12.7. The molecule has 6 nitrogen and oxygen atoms in total. The molecule has 0 saturated carbocycles. The van der Waals surface area contributed by atoms with Gasteiger partial charge in [0.1, 0.15) is 0 Å². The van der Waals surface area contributed by atoms with Gasteiger partial charge in [0.15, 0.2) is 0 Å². The maximum absolute atomic E-state index is 11.6. The molecule has 0 spiro atoms. The van der Waals surface area contributed by atoms with Crippen molar-refractivity contribution in [1.29, 1.82) is 0 Å². The molecule has 4 rings (SSSR count). The van der Waals surface area contributed by atoms with Gasteiger partial charge < -0.3 is 20.2 Å². The molecule has 0 radical (unpaired) electrons. The first-order valence-electron chi connectivity index (χ1n) is 8.93. The molecule has 2 N–H and O–H groups in total. The van der Waals surface area contributed by atoms with Crippen LogP contribution in [0.2, 0.25) is 0 Å². The summed E-state index contributed by atoms with van der Waals surface area (Å²) in [6.45, 7) is 3.49. The van der Waals surface area contributed by atoms with Crippen molar-refractivity contribution in [3.8, 4) is 0 Å². The number of piperazine rings is 1. The molecule has 0 aliphatic carbocycles. The van der Waals surface area contributed by atoms with Gasteiger partial charge in [-0.15, -0.1) is 0 Å². The number of carboxylic acids is 1. The fourth-order valence-corrected chi connectivity index (χ4v) is 3.65. The minimum atomic E-state index is -0.813. The molecule has 1 atom stereocenters. The quantitative estimate of drug-likeness (QED) is 0.891. The molecule has 1 unspecified atom stereocenters. The van der Waals surface area contributed by atoms with Gasteiger partial charge in [0.25, 0.3) is 0 Å². The fourth-order valence-electron chi connectivity index (χ4n) is 3.65. The number of carboxylic acid groups (broad SMARTS) is 1. The van der Waals surface area contributed by atoms with Crippen molar-refractivity contribution in [2.45, 2.75) is 12.5 Å². The van der Waals surface area contributed by atoms with Gasteiger partial charge in [-0.3, -0.25) is 4.79 Å². The molecule has 134 valence electrons. The van der Waals surface area contributed by atoms with E-state index in [2.05, 4.69) is 15.1 Å². The van der Waals surface area contributed by atoms with Gasteiger partial charge in [0.05, 0.1) is 18.2 Å². The second-order valence-electron chi connectivity index (χ2n) is 6.53. The highest BCUT2D eigenvalue weighted by Crippen LogP contribution is 2.40. The summed E-state index contributed by atoms with van der Waals surface area (Å²) < 4.78 is 0. The van der Waals surface area contributed by atoms with Crippen LogP contribution in [0.25, 0.3) is 0 Å². The molecule has 2 heterocycles. The van der Waals surface area contributed by atoms with Crippen molar-refractivity contribution in [3.05, 3.63) is 60.2 Å². The number of rotatable bonds is 3. The Hall–Kier alpha value is -2.86. The second-order valence-corrected chi connectivity index (χ2v) is 6.53. The Morgan fingerprint density at radius 3 is 2.50 bits per heavy atom. The lowest BCUT2D eigenvalue weighted by atomic mass is 9.97. The number of para-hydroxylation sites is 2. The van der Waals surface area contributed by atoms with Crippen LogP contribution in [0.15, 0.2) is 59.6 Å². The summed E-state index contributed by atoms with van der Waals surface area (Å²) in [5, 5.41) is 12.9. The molecule has 1 fully saturated rings. The number of carbonyl (C=O) groups is 1. The average Bonchev–Trinajstić information content (AvgIpc) is 2.68. The lowest BCUT2D eigenvalue weighted by Crippen LogP contribution is -2.54. The highest BCUT2D eigenvalue weighted by Gasteiger charge is 2.35. The SMILES string of the molecule is O=C(O)CC1c2ccccc2N=C(N2CCNCC2)N1c1ccccc1. The number of benzene rings is 2. The summed E-state index contributed by atoms with van der Waals surface area (Å²) in [4.78, 5) is 20.9. The summed E-state index contributed by atoms with van der Waals surface area (Å²) >= 11 is 0. The summed E-state index contributed by atoms with van der Waals surface area (Å²) in [7, 11) is 0. The van der Waals surface area contributed by atoms with Crippen LogP contribution in [-0.4, -0.2) is 48.1 Å². The number of hydrogen-bond acceptors (Lipinski definition) is 5. The average molecular weight is 350 g/mol. The lowest BCUT2D eigenvalue weighted by molar-refractivity contribution is -0.137. The largest absolute Gasteiger partial charge is 0.481 e. The molecular weight excluding hydrogens is 328 g/mol. The zero-order valence-corrected chi connectivity index (χ0v) is 14.5. The van der Waals surface area contributed by atoms with Gasteiger partial charge in [0.2, 0.25) is 5.96 Å². The smallest absolute Gasteiger partial charge is 0.305 e. The minimum Gasteiger partial charge on any atom is -0.481 e. The Balaban J connectivity index is 1.85. The van der Waals surface area contributed by atoms with E-state index in [0.29, 0.717) is 0 Å². The van der Waals surface area contributed by atoms with Crippen LogP contribution in [0.1, 0.15) is 18.0 Å². The number of fused-ring (bicyclic) bond motifs is 1. The lowest BCUT2D eigenvalue weighted by Gasteiger charge is -2.43. The molecule has 26 heavy (non-hydrogen) atoms. The van der Waals surface area contributed by atoms with Crippen molar-refractivity contribution >= 4 is 23.3 Å². The molecule has 0 bridgehead atoms. The number of nitrogens with one attached hydrogen (secondary N) is 1. The van der Waals surface area contributed by atoms with Crippen molar-refractivity contribution in [2.75, 3.05) is 31.1 Å². The Morgan fingerprint density at radius 2 is 1.77 bits per heavy atom. The predicted molar refractivity (Wildman–Crippen MR) is 102 cm³/mol. The topological polar surface area (TPSA) is 68.2 Å². The zero-order chi connectivity index (χ0) is 17.9. The fraction of sp³-hybridized carbons (Fsp3) is 0.300. The Kier molecular flexibility index (Phi) is 4.58. The summed E-state index contributed by atoms with van der Waals surface area (Å²) in [5.41, 5.74) is 2.78. The minimum absolute atomic E-state index is 0.0248. The van der Waals surface area contributed by atoms with Crippen LogP contribution in [0.3, 0.4) is 0 Å². The Bertz CT molecular complexity index is 816. The van der Waals surface area contributed by atoms with Crippen molar-refractivity contribution < 1.29 is 9.90 Å². The second kappa shape index (κ2) is 7.17. The zero-order valence-electron chi connectivity index (χ0n) is 14.5. The standard InChI is InChI=1S/C20H22N4O2/c25-19(26)14-18-16-8-4-5-9-17(16)22-20(23-12-10-21-11-13-23)24(18)15-6-2-1-3-7-15/h1-9,18,21H,10-14H2,(H,25,26). The number of anilines is 1. The van der Waals surface area contributed by atoms with E-state index in [-0.39, 0.29) is 12.5 Å². The number of guanidine groups is 1. The highest BCUT2D eigenvalue weighted by atomic mass is 16.4. The van der Waals surface area contributed by atoms with Crippen molar-refractivity contribution in [2.24, 2.45) is 4.99 Å². The van der Waals surface area contributed by atoms with Gasteiger partial charge >= 0.3 is 5.97 Å². The van der Waals surface area contributed by atoms with Crippen molar-refractivity contribution in [1.82, 2.24) is 10.2 Å². The maximum atomic E-state index is 11.6. The normalized spacial score (nSPS) is 19.7. The summed E-state index contributed by atoms with van der Waals surface area (Å²) in [6.07, 6.45) is 0.0248. The van der Waals surface area contributed by atoms with E-state index in [1.807, 2.05) is 54.6 Å². The molecule has 6 heteroatoms. The van der Waals surface area contributed by atoms with E-state index in [9.17, 15) is 9.90 Å². The van der Waals surface area contributed by atoms with E-state index >= 15 is 0 Å². The number of nitrogens with zero attached hydrogens (tertiary/aromatic N) is 3. The summed E-state index contributed by atoms with van der Waals surface area (Å²) in [6, 6.07) is 17.5. The van der Waals surface area contributed by atoms with E-state index in [0.717, 1.165) is 49.1 Å². The Labute approximate surface area is 152 Å². The van der Waals surface area contributed by atoms with E-state index in [1.165, 1.54) is 0 Å². The van der Waals surface area contributed by atoms with Gasteiger partial charge in [0, 0.05) is 37.4 Å². The number of hydrogen-bond donors (Lipinski definition) is 2. The number of aliphatic imine (C=N–C) groups is 1. The van der Waals surface area contributed by atoms with Crippen LogP contribution in [0.4, 0.5) is 11.4 Å². The third kappa shape index (κ3) is 3.15. The van der Waals surface area contributed by atoms with Crippen LogP contribution in [0.5, 0.6) is 0 Å². The third-order valence-corrected chi connectivity index (χ3v) is 4.85. The first kappa shape index (κ1) is 16.6. The summed E-state index contributed by atoms with van der Waals surface area (Å²) in [5.74, 6) is 0.0231. The van der Waals surface area contributed by atoms with Gasteiger partial charge in [-0.1, -0.05) is 36.4 Å². The van der Waals surface area contributed by atoms with E-state index in [4.69, 9.17) is 4.99 Å². The van der Waals surface area contributed by atoms with Gasteiger partial charge in [-0.05, 0) is 18.2 Å². The molecule has 0 aromatic heterocycles. The molecule has 2 aliphatic rings. The molecule has 2 aromatic carbocycles. The Morgan fingerprint density at radius 1 is 1.08 bits per heavy atom. The van der Waals surface area contributed by atoms with Crippen LogP contribution < -0.4 is 10.2 Å². The number of aliphatic carboxylic acids is 1. The molecule has 0 amide bonds. The van der Waals surface area contributed by atoms with Crippen LogP contribution in [-0.2, 0) is 4.79 Å². The predicted octanol–water partition coefficient (Wildman–Crippen LogP) is 2.62. The van der Waals surface area contributed by atoms with Crippen LogP contribution >= 0.6 is 0 Å². The van der Waals surface area contributed by atoms with Gasteiger partial charge in [-0.2, -0.15) is 0 Å². The van der Waals surface area contributed by atoms with Crippen molar-refractivity contribution in [3.63, 3.8) is 0 Å². The van der Waals surface area contributed by atoms with Gasteiger partial charge in [-0.25, -0.2) is 4.99 Å². The maximum Gasteiger partial charge on any atom is 0.305 e. The first-order valence-corrected chi connectivity index (χ1v) is 8.93. The molecule has 1 saturated heterocycles. The highest BCUT2D eigenvalue weighted by molar-refractivity contribution is 6.01. The third-order valence-electron chi connectivity index (χ3n) is 4.85. The van der Waals surface area contributed by atoms with E-state index in [1.54, 1.807) is 0 Å². The van der Waals surface area contributed by atoms with E-state index < -0.39 is 5.97 Å². The van der Waals surface area contributed by atoms with Crippen LogP contribution in [0, 0.1) is 0 Å².